The normalized spacial score (nSPS) is 11.5. The highest BCUT2D eigenvalue weighted by Gasteiger charge is 2.28. The summed E-state index contributed by atoms with van der Waals surface area (Å²) in [6, 6.07) is 5.04. The Labute approximate surface area is 94.4 Å². The number of rotatable bonds is 3. The molecule has 0 spiro atoms. The summed E-state index contributed by atoms with van der Waals surface area (Å²) in [6.07, 6.45) is -3.47. The van der Waals surface area contributed by atoms with Crippen LogP contribution in [-0.2, 0) is 6.42 Å². The zero-order valence-electron chi connectivity index (χ0n) is 8.07. The van der Waals surface area contributed by atoms with Gasteiger partial charge in [0.2, 0.25) is 0 Å². The number of alkyl halides is 3. The Morgan fingerprint density at radius 2 is 2.00 bits per heavy atom. The van der Waals surface area contributed by atoms with Gasteiger partial charge in [-0.3, -0.25) is 0 Å². The van der Waals surface area contributed by atoms with E-state index in [1.54, 1.807) is 12.1 Å². The molecule has 0 aliphatic rings. The number of ether oxygens (including phenoxy) is 1. The van der Waals surface area contributed by atoms with E-state index in [1.165, 1.54) is 6.07 Å². The van der Waals surface area contributed by atoms with Gasteiger partial charge in [0.05, 0.1) is 4.47 Å². The molecule has 0 unspecified atom stereocenters. The first-order chi connectivity index (χ1) is 6.92. The molecule has 0 saturated carbocycles. The lowest BCUT2D eigenvalue weighted by Gasteiger charge is -2.11. The van der Waals surface area contributed by atoms with Crippen molar-refractivity contribution in [3.63, 3.8) is 0 Å². The second-order valence-corrected chi connectivity index (χ2v) is 3.88. The van der Waals surface area contributed by atoms with Gasteiger partial charge in [-0.25, -0.2) is 0 Å². The standard InChI is InChI=1S/C10H10BrF3O/c1-2-7-3-4-9(8(11)5-7)15-6-10(12,13)14/h3-5H,2,6H2,1H3. The first-order valence-electron chi connectivity index (χ1n) is 4.40. The van der Waals surface area contributed by atoms with E-state index in [-0.39, 0.29) is 5.75 Å². The second kappa shape index (κ2) is 4.88. The van der Waals surface area contributed by atoms with E-state index in [4.69, 9.17) is 0 Å². The summed E-state index contributed by atoms with van der Waals surface area (Å²) < 4.78 is 40.8. The summed E-state index contributed by atoms with van der Waals surface area (Å²) in [5.41, 5.74) is 1.04. The Kier molecular flexibility index (Phi) is 4.02. The van der Waals surface area contributed by atoms with Crippen LogP contribution >= 0.6 is 15.9 Å². The van der Waals surface area contributed by atoms with Crippen molar-refractivity contribution >= 4 is 15.9 Å². The monoisotopic (exact) mass is 282 g/mol. The Morgan fingerprint density at radius 1 is 1.33 bits per heavy atom. The van der Waals surface area contributed by atoms with Crippen LogP contribution in [0.4, 0.5) is 13.2 Å². The van der Waals surface area contributed by atoms with Crippen molar-refractivity contribution in [2.24, 2.45) is 0 Å². The molecular formula is C10H10BrF3O. The molecule has 15 heavy (non-hydrogen) atoms. The van der Waals surface area contributed by atoms with Crippen LogP contribution in [0.25, 0.3) is 0 Å². The van der Waals surface area contributed by atoms with E-state index in [1.807, 2.05) is 6.92 Å². The van der Waals surface area contributed by atoms with Crippen molar-refractivity contribution in [3.8, 4) is 5.75 Å². The van der Waals surface area contributed by atoms with Gasteiger partial charge in [0.25, 0.3) is 0 Å². The molecule has 1 nitrogen and oxygen atoms in total. The van der Waals surface area contributed by atoms with Gasteiger partial charge >= 0.3 is 6.18 Å². The van der Waals surface area contributed by atoms with E-state index < -0.39 is 12.8 Å². The van der Waals surface area contributed by atoms with Crippen LogP contribution in [0.15, 0.2) is 22.7 Å². The lowest BCUT2D eigenvalue weighted by Crippen LogP contribution is -2.19. The van der Waals surface area contributed by atoms with E-state index in [0.29, 0.717) is 4.47 Å². The van der Waals surface area contributed by atoms with Gasteiger partial charge in [-0.2, -0.15) is 13.2 Å². The average Bonchev–Trinajstić information content (AvgIpc) is 2.14. The molecule has 0 saturated heterocycles. The van der Waals surface area contributed by atoms with Crippen LogP contribution in [-0.4, -0.2) is 12.8 Å². The van der Waals surface area contributed by atoms with E-state index in [2.05, 4.69) is 20.7 Å². The molecule has 0 fully saturated rings. The quantitative estimate of drug-likeness (QED) is 0.816. The lowest BCUT2D eigenvalue weighted by atomic mass is 10.2. The van der Waals surface area contributed by atoms with Crippen molar-refractivity contribution in [1.82, 2.24) is 0 Å². The van der Waals surface area contributed by atoms with Gasteiger partial charge in [-0.15, -0.1) is 0 Å². The fraction of sp³-hybridized carbons (Fsp3) is 0.400. The number of benzene rings is 1. The Balaban J connectivity index is 2.70. The summed E-state index contributed by atoms with van der Waals surface area (Å²) in [5.74, 6) is 0.213. The first kappa shape index (κ1) is 12.4. The van der Waals surface area contributed by atoms with E-state index in [0.717, 1.165) is 12.0 Å². The van der Waals surface area contributed by atoms with Crippen molar-refractivity contribution < 1.29 is 17.9 Å². The summed E-state index contributed by atoms with van der Waals surface area (Å²) in [4.78, 5) is 0. The highest BCUT2D eigenvalue weighted by atomic mass is 79.9. The van der Waals surface area contributed by atoms with Gasteiger partial charge in [0, 0.05) is 0 Å². The van der Waals surface area contributed by atoms with Crippen molar-refractivity contribution in [1.29, 1.82) is 0 Å². The number of hydrogen-bond donors (Lipinski definition) is 0. The van der Waals surface area contributed by atoms with Crippen molar-refractivity contribution in [3.05, 3.63) is 28.2 Å². The minimum atomic E-state index is -4.30. The number of hydrogen-bond acceptors (Lipinski definition) is 1. The Morgan fingerprint density at radius 3 is 2.47 bits per heavy atom. The van der Waals surface area contributed by atoms with E-state index >= 15 is 0 Å². The molecule has 5 heteroatoms. The third-order valence-corrected chi connectivity index (χ3v) is 2.42. The third kappa shape index (κ3) is 4.11. The van der Waals surface area contributed by atoms with Crippen LogP contribution in [0.2, 0.25) is 0 Å². The maximum absolute atomic E-state index is 11.9. The summed E-state index contributed by atoms with van der Waals surface area (Å²) in [6.45, 7) is 0.703. The molecule has 1 aromatic carbocycles. The average molecular weight is 283 g/mol. The van der Waals surface area contributed by atoms with Crippen LogP contribution in [0, 0.1) is 0 Å². The molecule has 0 N–H and O–H groups in total. The van der Waals surface area contributed by atoms with Crippen LogP contribution in [0.3, 0.4) is 0 Å². The van der Waals surface area contributed by atoms with Crippen LogP contribution < -0.4 is 4.74 Å². The van der Waals surface area contributed by atoms with E-state index in [9.17, 15) is 13.2 Å². The fourth-order valence-corrected chi connectivity index (χ4v) is 1.58. The zero-order valence-corrected chi connectivity index (χ0v) is 9.65. The molecule has 0 heterocycles. The predicted molar refractivity (Wildman–Crippen MR) is 55.1 cm³/mol. The minimum Gasteiger partial charge on any atom is -0.483 e. The minimum absolute atomic E-state index is 0.213. The van der Waals surface area contributed by atoms with Gasteiger partial charge in [0.1, 0.15) is 5.75 Å². The topological polar surface area (TPSA) is 9.23 Å². The highest BCUT2D eigenvalue weighted by Crippen LogP contribution is 2.27. The Hall–Kier alpha value is -0.710. The summed E-state index contributed by atoms with van der Waals surface area (Å²) in [5, 5.41) is 0. The first-order valence-corrected chi connectivity index (χ1v) is 5.19. The second-order valence-electron chi connectivity index (χ2n) is 3.02. The summed E-state index contributed by atoms with van der Waals surface area (Å²) in [7, 11) is 0. The molecule has 0 aliphatic heterocycles. The van der Waals surface area contributed by atoms with Gasteiger partial charge in [-0.05, 0) is 40.0 Å². The Bertz CT molecular complexity index is 336. The maximum Gasteiger partial charge on any atom is 0.422 e. The molecule has 0 bridgehead atoms. The van der Waals surface area contributed by atoms with Gasteiger partial charge in [-0.1, -0.05) is 13.0 Å². The SMILES string of the molecule is CCc1ccc(OCC(F)(F)F)c(Br)c1. The number of aryl methyl sites for hydroxylation is 1. The largest absolute Gasteiger partial charge is 0.483 e. The lowest BCUT2D eigenvalue weighted by molar-refractivity contribution is -0.153. The predicted octanol–water partition coefficient (Wildman–Crippen LogP) is 3.95. The molecule has 1 aromatic rings. The smallest absolute Gasteiger partial charge is 0.422 e. The summed E-state index contributed by atoms with van der Waals surface area (Å²) >= 11 is 3.16. The number of halogens is 4. The van der Waals surface area contributed by atoms with Gasteiger partial charge in [0.15, 0.2) is 6.61 Å². The highest BCUT2D eigenvalue weighted by molar-refractivity contribution is 9.10. The molecule has 0 aromatic heterocycles. The molecular weight excluding hydrogens is 273 g/mol. The zero-order chi connectivity index (χ0) is 11.5. The molecule has 1 rings (SSSR count). The van der Waals surface area contributed by atoms with Crippen molar-refractivity contribution in [2.75, 3.05) is 6.61 Å². The maximum atomic E-state index is 11.9. The fourth-order valence-electron chi connectivity index (χ4n) is 1.04. The van der Waals surface area contributed by atoms with Crippen LogP contribution in [0.5, 0.6) is 5.75 Å². The van der Waals surface area contributed by atoms with Crippen LogP contribution in [0.1, 0.15) is 12.5 Å². The molecule has 0 atom stereocenters. The van der Waals surface area contributed by atoms with Crippen molar-refractivity contribution in [2.45, 2.75) is 19.5 Å². The third-order valence-electron chi connectivity index (χ3n) is 1.80. The molecule has 84 valence electrons. The molecule has 0 radical (unpaired) electrons. The molecule has 0 aliphatic carbocycles. The molecule has 0 amide bonds. The van der Waals surface area contributed by atoms with Gasteiger partial charge < -0.3 is 4.74 Å².